The van der Waals surface area contributed by atoms with Gasteiger partial charge in [-0.3, -0.25) is 9.48 Å². The maximum absolute atomic E-state index is 13.1. The Labute approximate surface area is 146 Å². The standard InChI is InChI=1S/C18H23N3O4/c22-16(17-5-3-8-25-17)10-13-12-24-9-7-20(13)18(23)14-11-19-21-6-2-1-4-15(14)21/h3,5,8,11,13,16,22H,1-2,4,6-7,9-10,12H2/t13-,16+/m0/s1. The molecule has 0 spiro atoms. The Hall–Kier alpha value is -2.12. The van der Waals surface area contributed by atoms with E-state index in [2.05, 4.69) is 5.10 Å². The molecule has 134 valence electrons. The smallest absolute Gasteiger partial charge is 0.257 e. The number of nitrogens with zero attached hydrogens (tertiary/aromatic N) is 3. The van der Waals surface area contributed by atoms with Crippen molar-refractivity contribution in [3.05, 3.63) is 41.6 Å². The van der Waals surface area contributed by atoms with Crippen molar-refractivity contribution in [1.29, 1.82) is 0 Å². The molecular weight excluding hydrogens is 322 g/mol. The van der Waals surface area contributed by atoms with Crippen molar-refractivity contribution < 1.29 is 19.1 Å². The van der Waals surface area contributed by atoms with Crippen LogP contribution >= 0.6 is 0 Å². The van der Waals surface area contributed by atoms with Crippen LogP contribution in [-0.4, -0.2) is 51.5 Å². The fourth-order valence-electron chi connectivity index (χ4n) is 3.73. The lowest BCUT2D eigenvalue weighted by molar-refractivity contribution is -0.0196. The maximum Gasteiger partial charge on any atom is 0.257 e. The third kappa shape index (κ3) is 3.21. The van der Waals surface area contributed by atoms with Crippen molar-refractivity contribution >= 4 is 5.91 Å². The van der Waals surface area contributed by atoms with Gasteiger partial charge >= 0.3 is 0 Å². The monoisotopic (exact) mass is 345 g/mol. The zero-order valence-electron chi connectivity index (χ0n) is 14.1. The molecule has 4 rings (SSSR count). The van der Waals surface area contributed by atoms with Crippen LogP contribution in [0.15, 0.2) is 29.0 Å². The Morgan fingerprint density at radius 2 is 2.32 bits per heavy atom. The molecule has 4 heterocycles. The van der Waals surface area contributed by atoms with Crippen LogP contribution in [0.5, 0.6) is 0 Å². The van der Waals surface area contributed by atoms with Gasteiger partial charge in [0.1, 0.15) is 11.9 Å². The van der Waals surface area contributed by atoms with E-state index in [9.17, 15) is 9.90 Å². The molecule has 2 aliphatic heterocycles. The summed E-state index contributed by atoms with van der Waals surface area (Å²) in [7, 11) is 0. The van der Waals surface area contributed by atoms with Gasteiger partial charge < -0.3 is 19.2 Å². The third-order valence-corrected chi connectivity index (χ3v) is 5.07. The molecule has 2 atom stereocenters. The minimum absolute atomic E-state index is 0.0110. The fraction of sp³-hybridized carbons (Fsp3) is 0.556. The fourth-order valence-corrected chi connectivity index (χ4v) is 3.73. The Bertz CT molecular complexity index is 725. The number of aliphatic hydroxyl groups excluding tert-OH is 1. The highest BCUT2D eigenvalue weighted by atomic mass is 16.5. The Kier molecular flexibility index (Phi) is 4.59. The van der Waals surface area contributed by atoms with Gasteiger partial charge in [0.15, 0.2) is 0 Å². The van der Waals surface area contributed by atoms with Crippen molar-refractivity contribution in [2.45, 2.75) is 44.4 Å². The largest absolute Gasteiger partial charge is 0.467 e. The molecule has 2 aromatic heterocycles. The summed E-state index contributed by atoms with van der Waals surface area (Å²) in [6, 6.07) is 3.31. The highest BCUT2D eigenvalue weighted by molar-refractivity contribution is 5.95. The number of aryl methyl sites for hydroxylation is 1. The summed E-state index contributed by atoms with van der Waals surface area (Å²) in [6.07, 6.45) is 5.97. The van der Waals surface area contributed by atoms with E-state index in [1.165, 1.54) is 6.26 Å². The molecule has 1 fully saturated rings. The molecule has 0 aliphatic carbocycles. The molecule has 2 aliphatic rings. The molecule has 1 saturated heterocycles. The van der Waals surface area contributed by atoms with E-state index in [-0.39, 0.29) is 11.9 Å². The Morgan fingerprint density at radius 1 is 1.40 bits per heavy atom. The lowest BCUT2D eigenvalue weighted by Crippen LogP contribution is -2.49. The van der Waals surface area contributed by atoms with Crippen LogP contribution in [0.1, 0.15) is 47.2 Å². The Balaban J connectivity index is 1.52. The van der Waals surface area contributed by atoms with Gasteiger partial charge in [0, 0.05) is 19.5 Å². The van der Waals surface area contributed by atoms with E-state index in [1.807, 2.05) is 9.58 Å². The topological polar surface area (TPSA) is 80.7 Å². The molecule has 2 aromatic rings. The Morgan fingerprint density at radius 3 is 3.16 bits per heavy atom. The first-order valence-corrected chi connectivity index (χ1v) is 8.89. The summed E-state index contributed by atoms with van der Waals surface area (Å²) in [5, 5.41) is 14.8. The van der Waals surface area contributed by atoms with Gasteiger partial charge in [-0.25, -0.2) is 0 Å². The number of carbonyl (C=O) groups excluding carboxylic acids is 1. The zero-order chi connectivity index (χ0) is 17.2. The highest BCUT2D eigenvalue weighted by Crippen LogP contribution is 2.26. The van der Waals surface area contributed by atoms with Crippen LogP contribution in [-0.2, 0) is 17.7 Å². The van der Waals surface area contributed by atoms with E-state index in [0.29, 0.717) is 37.5 Å². The van der Waals surface area contributed by atoms with Gasteiger partial charge in [0.05, 0.1) is 43.0 Å². The average molecular weight is 345 g/mol. The number of furan rings is 1. The number of hydrogen-bond donors (Lipinski definition) is 1. The predicted octanol–water partition coefficient (Wildman–Crippen LogP) is 1.78. The van der Waals surface area contributed by atoms with Crippen LogP contribution in [0, 0.1) is 0 Å². The second-order valence-electron chi connectivity index (χ2n) is 6.68. The lowest BCUT2D eigenvalue weighted by atomic mass is 10.0. The molecule has 7 heteroatoms. The summed E-state index contributed by atoms with van der Waals surface area (Å²) < 4.78 is 12.8. The van der Waals surface area contributed by atoms with Gasteiger partial charge in [-0.15, -0.1) is 0 Å². The molecule has 0 aromatic carbocycles. The number of morpholine rings is 1. The number of carbonyl (C=O) groups is 1. The summed E-state index contributed by atoms with van der Waals surface area (Å²) in [4.78, 5) is 14.9. The first-order chi connectivity index (χ1) is 12.2. The van der Waals surface area contributed by atoms with Crippen LogP contribution < -0.4 is 0 Å². The molecule has 1 N–H and O–H groups in total. The normalized spacial score (nSPS) is 21.8. The number of amides is 1. The highest BCUT2D eigenvalue weighted by Gasteiger charge is 2.33. The van der Waals surface area contributed by atoms with Crippen molar-refractivity contribution in [2.75, 3.05) is 19.8 Å². The van der Waals surface area contributed by atoms with Crippen molar-refractivity contribution in [2.24, 2.45) is 0 Å². The zero-order valence-corrected chi connectivity index (χ0v) is 14.1. The van der Waals surface area contributed by atoms with E-state index >= 15 is 0 Å². The van der Waals surface area contributed by atoms with Crippen LogP contribution in [0.2, 0.25) is 0 Å². The van der Waals surface area contributed by atoms with Crippen LogP contribution in [0.3, 0.4) is 0 Å². The number of rotatable bonds is 4. The first kappa shape index (κ1) is 16.4. The van der Waals surface area contributed by atoms with E-state index in [4.69, 9.17) is 9.15 Å². The average Bonchev–Trinajstić information content (AvgIpc) is 3.31. The van der Waals surface area contributed by atoms with Gasteiger partial charge in [-0.2, -0.15) is 5.10 Å². The van der Waals surface area contributed by atoms with E-state index in [0.717, 1.165) is 31.5 Å². The van der Waals surface area contributed by atoms with Crippen molar-refractivity contribution in [3.63, 3.8) is 0 Å². The number of aliphatic hydroxyl groups is 1. The maximum atomic E-state index is 13.1. The first-order valence-electron chi connectivity index (χ1n) is 8.89. The van der Waals surface area contributed by atoms with Crippen LogP contribution in [0.25, 0.3) is 0 Å². The van der Waals surface area contributed by atoms with Gasteiger partial charge in [-0.05, 0) is 31.4 Å². The predicted molar refractivity (Wildman–Crippen MR) is 89.1 cm³/mol. The van der Waals surface area contributed by atoms with Gasteiger partial charge in [0.2, 0.25) is 0 Å². The van der Waals surface area contributed by atoms with Gasteiger partial charge in [-0.1, -0.05) is 0 Å². The molecule has 1 amide bonds. The second-order valence-corrected chi connectivity index (χ2v) is 6.68. The van der Waals surface area contributed by atoms with Gasteiger partial charge in [0.25, 0.3) is 5.91 Å². The number of hydrogen-bond acceptors (Lipinski definition) is 5. The second kappa shape index (κ2) is 7.01. The summed E-state index contributed by atoms with van der Waals surface area (Å²) in [5.74, 6) is 0.504. The molecule has 0 saturated carbocycles. The molecule has 7 nitrogen and oxygen atoms in total. The molecule has 25 heavy (non-hydrogen) atoms. The summed E-state index contributed by atoms with van der Waals surface area (Å²) >= 11 is 0. The third-order valence-electron chi connectivity index (χ3n) is 5.07. The van der Waals surface area contributed by atoms with Crippen LogP contribution in [0.4, 0.5) is 0 Å². The quantitative estimate of drug-likeness (QED) is 0.913. The van der Waals surface area contributed by atoms with E-state index in [1.54, 1.807) is 18.3 Å². The van der Waals surface area contributed by atoms with Crippen molar-refractivity contribution in [1.82, 2.24) is 14.7 Å². The lowest BCUT2D eigenvalue weighted by Gasteiger charge is -2.36. The minimum atomic E-state index is -0.752. The van der Waals surface area contributed by atoms with E-state index < -0.39 is 6.10 Å². The number of aromatic nitrogens is 2. The molecule has 0 unspecified atom stereocenters. The molecule has 0 bridgehead atoms. The summed E-state index contributed by atoms with van der Waals surface area (Å²) in [5.41, 5.74) is 1.73. The molecular formula is C18H23N3O4. The molecule has 0 radical (unpaired) electrons. The number of fused-ring (bicyclic) bond motifs is 1. The number of ether oxygens (including phenoxy) is 1. The summed E-state index contributed by atoms with van der Waals surface area (Å²) in [6.45, 7) is 2.35. The minimum Gasteiger partial charge on any atom is -0.467 e. The van der Waals surface area contributed by atoms with Crippen molar-refractivity contribution in [3.8, 4) is 0 Å². The SMILES string of the molecule is O=C(c1cnn2c1CCCC2)N1CCOC[C@@H]1C[C@@H](O)c1ccco1.